The second kappa shape index (κ2) is 3.91. The van der Waals surface area contributed by atoms with Gasteiger partial charge in [-0.25, -0.2) is 4.39 Å². The predicted octanol–water partition coefficient (Wildman–Crippen LogP) is 2.13. The summed E-state index contributed by atoms with van der Waals surface area (Å²) in [7, 11) is 0. The Kier molecular flexibility index (Phi) is 2.76. The van der Waals surface area contributed by atoms with Crippen molar-refractivity contribution in [2.75, 3.05) is 0 Å². The molecule has 0 spiro atoms. The Morgan fingerprint density at radius 3 is 2.67 bits per heavy atom. The summed E-state index contributed by atoms with van der Waals surface area (Å²) in [6, 6.07) is 6.73. The molecule has 82 valence electrons. The molecule has 0 amide bonds. The zero-order valence-electron chi connectivity index (χ0n) is 8.83. The summed E-state index contributed by atoms with van der Waals surface area (Å²) in [5, 5.41) is 13.4. The first-order valence-electron chi connectivity index (χ1n) is 5.41. The monoisotopic (exact) mass is 209 g/mol. The van der Waals surface area contributed by atoms with Crippen LogP contribution in [0.15, 0.2) is 24.3 Å². The minimum absolute atomic E-state index is 0.342. The zero-order valence-corrected chi connectivity index (χ0v) is 8.83. The quantitative estimate of drug-likeness (QED) is 0.744. The van der Waals surface area contributed by atoms with Crippen LogP contribution in [0.5, 0.6) is 0 Å². The summed E-state index contributed by atoms with van der Waals surface area (Å²) in [4.78, 5) is 0. The molecule has 15 heavy (non-hydrogen) atoms. The number of benzene rings is 1. The highest BCUT2D eigenvalue weighted by Crippen LogP contribution is 2.30. The molecule has 2 nitrogen and oxygen atoms in total. The summed E-state index contributed by atoms with van der Waals surface area (Å²) < 4.78 is 13.5. The number of hydrogen-bond donors (Lipinski definition) is 2. The lowest BCUT2D eigenvalue weighted by atomic mass is 9.99. The van der Waals surface area contributed by atoms with Crippen molar-refractivity contribution >= 4 is 0 Å². The molecule has 0 bridgehead atoms. The molecule has 0 radical (unpaired) electrons. The normalized spacial score (nSPS) is 19.9. The van der Waals surface area contributed by atoms with Crippen LogP contribution in [0.25, 0.3) is 0 Å². The number of halogens is 1. The largest absolute Gasteiger partial charge is 0.371 e. The summed E-state index contributed by atoms with van der Waals surface area (Å²) in [6.45, 7) is 1.85. The van der Waals surface area contributed by atoms with E-state index in [0.717, 1.165) is 12.8 Å². The molecule has 1 aromatic carbocycles. The van der Waals surface area contributed by atoms with Gasteiger partial charge in [-0.1, -0.05) is 25.1 Å². The summed E-state index contributed by atoms with van der Waals surface area (Å²) >= 11 is 0. The molecule has 0 aliphatic heterocycles. The standard InChI is InChI=1S/C12H16FNO/c1-2-12(15,14-9-7-8-9)10-5-3-4-6-11(10)13/h3-6,9,14-15H,2,7-8H2,1H3/t12-/m0/s1. The fourth-order valence-electron chi connectivity index (χ4n) is 1.73. The van der Waals surface area contributed by atoms with E-state index in [1.165, 1.54) is 6.07 Å². The average molecular weight is 209 g/mol. The van der Waals surface area contributed by atoms with Crippen molar-refractivity contribution in [2.24, 2.45) is 0 Å². The molecule has 0 saturated heterocycles. The first kappa shape index (κ1) is 10.6. The Morgan fingerprint density at radius 1 is 1.47 bits per heavy atom. The van der Waals surface area contributed by atoms with E-state index < -0.39 is 5.72 Å². The van der Waals surface area contributed by atoms with Gasteiger partial charge >= 0.3 is 0 Å². The van der Waals surface area contributed by atoms with Gasteiger partial charge in [0.05, 0.1) is 0 Å². The smallest absolute Gasteiger partial charge is 0.144 e. The Hall–Kier alpha value is -0.930. The van der Waals surface area contributed by atoms with E-state index in [1.807, 2.05) is 6.92 Å². The lowest BCUT2D eigenvalue weighted by Crippen LogP contribution is -2.43. The van der Waals surface area contributed by atoms with E-state index in [0.29, 0.717) is 18.0 Å². The molecule has 3 heteroatoms. The van der Waals surface area contributed by atoms with Crippen LogP contribution in [0, 0.1) is 5.82 Å². The highest BCUT2D eigenvalue weighted by Gasteiger charge is 2.35. The van der Waals surface area contributed by atoms with Crippen LogP contribution in [-0.2, 0) is 5.72 Å². The first-order valence-corrected chi connectivity index (χ1v) is 5.41. The molecule has 1 aliphatic carbocycles. The van der Waals surface area contributed by atoms with Crippen LogP contribution in [0.2, 0.25) is 0 Å². The average Bonchev–Trinajstić information content (AvgIpc) is 3.02. The fraction of sp³-hybridized carbons (Fsp3) is 0.500. The summed E-state index contributed by atoms with van der Waals surface area (Å²) in [5.74, 6) is -0.352. The van der Waals surface area contributed by atoms with Crippen LogP contribution in [-0.4, -0.2) is 11.1 Å². The van der Waals surface area contributed by atoms with Gasteiger partial charge in [0.2, 0.25) is 0 Å². The third kappa shape index (κ3) is 2.19. The maximum absolute atomic E-state index is 13.5. The van der Waals surface area contributed by atoms with Gasteiger partial charge in [0.25, 0.3) is 0 Å². The van der Waals surface area contributed by atoms with E-state index in [9.17, 15) is 9.50 Å². The van der Waals surface area contributed by atoms with Gasteiger partial charge in [-0.05, 0) is 25.3 Å². The van der Waals surface area contributed by atoms with Crippen molar-refractivity contribution < 1.29 is 9.50 Å². The number of hydrogen-bond acceptors (Lipinski definition) is 2. The Morgan fingerprint density at radius 2 is 2.13 bits per heavy atom. The van der Waals surface area contributed by atoms with E-state index in [1.54, 1.807) is 18.2 Å². The van der Waals surface area contributed by atoms with Gasteiger partial charge < -0.3 is 5.11 Å². The van der Waals surface area contributed by atoms with Crippen LogP contribution in [0.4, 0.5) is 4.39 Å². The maximum Gasteiger partial charge on any atom is 0.144 e. The minimum atomic E-state index is -1.22. The third-order valence-electron chi connectivity index (χ3n) is 2.85. The molecule has 1 aromatic rings. The Balaban J connectivity index is 2.27. The van der Waals surface area contributed by atoms with Crippen molar-refractivity contribution in [3.05, 3.63) is 35.6 Å². The highest BCUT2D eigenvalue weighted by atomic mass is 19.1. The van der Waals surface area contributed by atoms with Crippen molar-refractivity contribution in [3.63, 3.8) is 0 Å². The van der Waals surface area contributed by atoms with Gasteiger partial charge in [-0.3, -0.25) is 5.32 Å². The molecule has 2 rings (SSSR count). The lowest BCUT2D eigenvalue weighted by Gasteiger charge is -2.29. The van der Waals surface area contributed by atoms with Gasteiger partial charge in [-0.15, -0.1) is 0 Å². The molecule has 0 unspecified atom stereocenters. The van der Waals surface area contributed by atoms with Crippen molar-refractivity contribution in [1.29, 1.82) is 0 Å². The molecule has 1 saturated carbocycles. The zero-order chi connectivity index (χ0) is 10.9. The van der Waals surface area contributed by atoms with Crippen LogP contribution in [0.1, 0.15) is 31.7 Å². The van der Waals surface area contributed by atoms with E-state index >= 15 is 0 Å². The van der Waals surface area contributed by atoms with Gasteiger partial charge in [0.1, 0.15) is 11.5 Å². The number of rotatable bonds is 4. The Bertz CT molecular complexity index is 351. The molecule has 2 N–H and O–H groups in total. The van der Waals surface area contributed by atoms with Crippen molar-refractivity contribution in [1.82, 2.24) is 5.32 Å². The highest BCUT2D eigenvalue weighted by molar-refractivity contribution is 5.24. The predicted molar refractivity (Wildman–Crippen MR) is 56.7 cm³/mol. The molecular weight excluding hydrogens is 193 g/mol. The second-order valence-corrected chi connectivity index (χ2v) is 4.11. The van der Waals surface area contributed by atoms with E-state index in [2.05, 4.69) is 5.32 Å². The SMILES string of the molecule is CC[C@@](O)(NC1CC1)c1ccccc1F. The van der Waals surface area contributed by atoms with Crippen LogP contribution >= 0.6 is 0 Å². The third-order valence-corrected chi connectivity index (χ3v) is 2.85. The number of nitrogens with one attached hydrogen (secondary N) is 1. The second-order valence-electron chi connectivity index (χ2n) is 4.11. The number of aliphatic hydroxyl groups is 1. The van der Waals surface area contributed by atoms with Crippen LogP contribution < -0.4 is 5.32 Å². The maximum atomic E-state index is 13.5. The molecule has 0 heterocycles. The minimum Gasteiger partial charge on any atom is -0.371 e. The fourth-order valence-corrected chi connectivity index (χ4v) is 1.73. The van der Waals surface area contributed by atoms with Gasteiger partial charge in [0.15, 0.2) is 0 Å². The first-order chi connectivity index (χ1) is 7.15. The Labute approximate surface area is 89.1 Å². The van der Waals surface area contributed by atoms with E-state index in [4.69, 9.17) is 0 Å². The molecule has 1 aliphatic rings. The summed E-state index contributed by atoms with van der Waals surface area (Å²) in [6.07, 6.45) is 2.60. The topological polar surface area (TPSA) is 32.3 Å². The molecule has 1 fully saturated rings. The lowest BCUT2D eigenvalue weighted by molar-refractivity contribution is -0.00886. The van der Waals surface area contributed by atoms with Crippen molar-refractivity contribution in [2.45, 2.75) is 38.0 Å². The van der Waals surface area contributed by atoms with E-state index in [-0.39, 0.29) is 5.82 Å². The van der Waals surface area contributed by atoms with Crippen LogP contribution in [0.3, 0.4) is 0 Å². The molecule has 1 atom stereocenters. The molecule has 0 aromatic heterocycles. The van der Waals surface area contributed by atoms with Gasteiger partial charge in [0, 0.05) is 11.6 Å². The van der Waals surface area contributed by atoms with Gasteiger partial charge in [-0.2, -0.15) is 0 Å². The molecular formula is C12H16FNO. The van der Waals surface area contributed by atoms with Crippen molar-refractivity contribution in [3.8, 4) is 0 Å². The summed E-state index contributed by atoms with van der Waals surface area (Å²) in [5.41, 5.74) is -0.869.